The lowest BCUT2D eigenvalue weighted by atomic mass is 9.94. The molecule has 1 aromatic rings. The fraction of sp³-hybridized carbons (Fsp3) is 0.333. The van der Waals surface area contributed by atoms with Crippen LogP contribution in [0, 0.1) is 12.8 Å². The third kappa shape index (κ3) is 2.37. The highest BCUT2D eigenvalue weighted by Gasteiger charge is 2.32. The van der Waals surface area contributed by atoms with E-state index in [9.17, 15) is 18.0 Å². The predicted octanol–water partition coefficient (Wildman–Crippen LogP) is 3.43. The zero-order valence-electron chi connectivity index (χ0n) is 9.71. The van der Waals surface area contributed by atoms with Gasteiger partial charge in [0.25, 0.3) is 0 Å². The van der Waals surface area contributed by atoms with Gasteiger partial charge in [0.2, 0.25) is 0 Å². The van der Waals surface area contributed by atoms with Crippen LogP contribution >= 0.6 is 0 Å². The Labute approximate surface area is 101 Å². The van der Waals surface area contributed by atoms with Gasteiger partial charge in [-0.25, -0.2) is 0 Å². The van der Waals surface area contributed by atoms with Crippen molar-refractivity contribution in [3.63, 3.8) is 0 Å². The van der Waals surface area contributed by atoms with Crippen molar-refractivity contribution < 1.29 is 22.7 Å². The van der Waals surface area contributed by atoms with E-state index in [-0.39, 0.29) is 11.3 Å². The molecule has 1 aliphatic rings. The molecule has 1 aliphatic heterocycles. The van der Waals surface area contributed by atoms with Gasteiger partial charge in [0.05, 0.1) is 11.6 Å². The zero-order chi connectivity index (χ0) is 13.5. The summed E-state index contributed by atoms with van der Waals surface area (Å²) in [5.74, 6) is -1.08. The van der Waals surface area contributed by atoms with E-state index in [1.54, 1.807) is 13.8 Å². The van der Waals surface area contributed by atoms with Crippen LogP contribution in [0.25, 0.3) is 0 Å². The third-order valence-electron chi connectivity index (χ3n) is 2.61. The van der Waals surface area contributed by atoms with Crippen molar-refractivity contribution in [1.82, 2.24) is 0 Å². The van der Waals surface area contributed by atoms with E-state index < -0.39 is 18.0 Å². The van der Waals surface area contributed by atoms with Gasteiger partial charge in [0.15, 0.2) is 5.78 Å². The van der Waals surface area contributed by atoms with Crippen molar-refractivity contribution in [2.24, 2.45) is 10.9 Å². The Morgan fingerprint density at radius 2 is 2.00 bits per heavy atom. The zero-order valence-corrected chi connectivity index (χ0v) is 9.71. The Hall–Kier alpha value is -1.85. The van der Waals surface area contributed by atoms with Crippen molar-refractivity contribution in [2.75, 3.05) is 0 Å². The smallest absolute Gasteiger partial charge is 0.406 e. The number of hydrogen-bond acceptors (Lipinski definition) is 3. The number of carbonyl (C=O) groups excluding carboxylic acids is 1. The van der Waals surface area contributed by atoms with E-state index in [1.807, 2.05) is 0 Å². The molecule has 1 aromatic carbocycles. The van der Waals surface area contributed by atoms with Gasteiger partial charge >= 0.3 is 6.36 Å². The molecule has 1 atom stereocenters. The molecule has 0 aliphatic carbocycles. The van der Waals surface area contributed by atoms with Gasteiger partial charge in [-0.1, -0.05) is 6.92 Å². The normalized spacial score (nSPS) is 18.7. The Bertz CT molecular complexity index is 535. The van der Waals surface area contributed by atoms with E-state index in [4.69, 9.17) is 0 Å². The van der Waals surface area contributed by atoms with E-state index in [1.165, 1.54) is 12.3 Å². The Morgan fingerprint density at radius 3 is 2.61 bits per heavy atom. The second-order valence-electron chi connectivity index (χ2n) is 4.12. The average Bonchev–Trinajstić information content (AvgIpc) is 2.21. The largest absolute Gasteiger partial charge is 0.573 e. The molecule has 0 amide bonds. The number of benzene rings is 1. The average molecular weight is 257 g/mol. The number of ketones is 1. The van der Waals surface area contributed by atoms with Crippen LogP contribution in [-0.4, -0.2) is 18.4 Å². The number of carbonyl (C=O) groups is 1. The standard InChI is InChI=1S/C12H10F3NO2/c1-6-3-8(18-12(13,14)15)4-9-10(6)16-5-7(2)11(9)17/h3-5,7H,1-2H3. The highest BCUT2D eigenvalue weighted by atomic mass is 19.4. The van der Waals surface area contributed by atoms with Gasteiger partial charge in [-0.05, 0) is 24.6 Å². The van der Waals surface area contributed by atoms with Crippen molar-refractivity contribution >= 4 is 17.7 Å². The summed E-state index contributed by atoms with van der Waals surface area (Å²) in [6.45, 7) is 3.23. The molecule has 1 unspecified atom stereocenters. The number of fused-ring (bicyclic) bond motifs is 1. The third-order valence-corrected chi connectivity index (χ3v) is 2.61. The van der Waals surface area contributed by atoms with Gasteiger partial charge in [-0.2, -0.15) is 0 Å². The molecule has 0 spiro atoms. The van der Waals surface area contributed by atoms with Crippen LogP contribution in [0.2, 0.25) is 0 Å². The molecule has 1 heterocycles. The molecule has 0 aromatic heterocycles. The monoisotopic (exact) mass is 257 g/mol. The second kappa shape index (κ2) is 4.12. The summed E-state index contributed by atoms with van der Waals surface area (Å²) in [6.07, 6.45) is -3.28. The number of rotatable bonds is 1. The fourth-order valence-electron chi connectivity index (χ4n) is 1.80. The maximum Gasteiger partial charge on any atom is 0.573 e. The van der Waals surface area contributed by atoms with Gasteiger partial charge in [-0.15, -0.1) is 13.2 Å². The molecule has 3 nitrogen and oxygen atoms in total. The Morgan fingerprint density at radius 1 is 1.33 bits per heavy atom. The number of hydrogen-bond donors (Lipinski definition) is 0. The number of aliphatic imine (C=N–C) groups is 1. The van der Waals surface area contributed by atoms with Crippen molar-refractivity contribution in [1.29, 1.82) is 0 Å². The summed E-state index contributed by atoms with van der Waals surface area (Å²) in [4.78, 5) is 15.9. The van der Waals surface area contributed by atoms with Gasteiger partial charge in [-0.3, -0.25) is 9.79 Å². The molecule has 0 bridgehead atoms. The minimum Gasteiger partial charge on any atom is -0.406 e. The number of ether oxygens (including phenoxy) is 1. The molecular weight excluding hydrogens is 247 g/mol. The van der Waals surface area contributed by atoms with Crippen LogP contribution in [-0.2, 0) is 0 Å². The summed E-state index contributed by atoms with van der Waals surface area (Å²) in [5.41, 5.74) is 1.06. The molecular formula is C12H10F3NO2. The molecule has 18 heavy (non-hydrogen) atoms. The number of aryl methyl sites for hydroxylation is 1. The highest BCUT2D eigenvalue weighted by Crippen LogP contribution is 2.35. The summed E-state index contributed by atoms with van der Waals surface area (Å²) in [5, 5.41) is 0. The first kappa shape index (κ1) is 12.6. The fourth-order valence-corrected chi connectivity index (χ4v) is 1.80. The first-order valence-electron chi connectivity index (χ1n) is 5.27. The molecule has 0 saturated heterocycles. The van der Waals surface area contributed by atoms with Crippen LogP contribution in [0.1, 0.15) is 22.8 Å². The number of Topliss-reactive ketones (excluding diaryl/α,β-unsaturated/α-hetero) is 1. The van der Waals surface area contributed by atoms with E-state index >= 15 is 0 Å². The number of halogens is 3. The van der Waals surface area contributed by atoms with Crippen molar-refractivity contribution in [3.05, 3.63) is 23.3 Å². The van der Waals surface area contributed by atoms with E-state index in [0.29, 0.717) is 11.3 Å². The number of nitrogens with zero attached hydrogens (tertiary/aromatic N) is 1. The molecule has 0 fully saturated rings. The summed E-state index contributed by atoms with van der Waals surface area (Å²) in [7, 11) is 0. The SMILES string of the molecule is Cc1cc(OC(F)(F)F)cc2c1N=CC(C)C2=O. The molecule has 0 radical (unpaired) electrons. The molecule has 2 rings (SSSR count). The summed E-state index contributed by atoms with van der Waals surface area (Å²) >= 11 is 0. The highest BCUT2D eigenvalue weighted by molar-refractivity contribution is 6.12. The van der Waals surface area contributed by atoms with E-state index in [2.05, 4.69) is 9.73 Å². The minimum atomic E-state index is -4.77. The van der Waals surface area contributed by atoms with Crippen LogP contribution in [0.4, 0.5) is 18.9 Å². The Kier molecular flexibility index (Phi) is 2.88. The minimum absolute atomic E-state index is 0.171. The first-order valence-corrected chi connectivity index (χ1v) is 5.27. The second-order valence-corrected chi connectivity index (χ2v) is 4.12. The van der Waals surface area contributed by atoms with Crippen LogP contribution in [0.5, 0.6) is 5.75 Å². The lowest BCUT2D eigenvalue weighted by molar-refractivity contribution is -0.274. The van der Waals surface area contributed by atoms with Gasteiger partial charge < -0.3 is 4.74 Å². The topological polar surface area (TPSA) is 38.7 Å². The number of alkyl halides is 3. The maximum absolute atomic E-state index is 12.1. The summed E-state index contributed by atoms with van der Waals surface area (Å²) < 4.78 is 40.3. The lowest BCUT2D eigenvalue weighted by Gasteiger charge is -2.18. The van der Waals surface area contributed by atoms with Crippen LogP contribution in [0.3, 0.4) is 0 Å². The maximum atomic E-state index is 12.1. The quantitative estimate of drug-likeness (QED) is 0.773. The van der Waals surface area contributed by atoms with Crippen LogP contribution < -0.4 is 4.74 Å². The molecule has 0 saturated carbocycles. The molecule has 0 N–H and O–H groups in total. The van der Waals surface area contributed by atoms with Crippen molar-refractivity contribution in [3.8, 4) is 5.75 Å². The molecule has 96 valence electrons. The summed E-state index contributed by atoms with van der Waals surface area (Å²) in [6, 6.07) is 2.30. The molecule has 6 heteroatoms. The predicted molar refractivity (Wildman–Crippen MR) is 59.5 cm³/mol. The Balaban J connectivity index is 2.48. The lowest BCUT2D eigenvalue weighted by Crippen LogP contribution is -2.19. The van der Waals surface area contributed by atoms with Crippen molar-refractivity contribution in [2.45, 2.75) is 20.2 Å². The van der Waals surface area contributed by atoms with Gasteiger partial charge in [0.1, 0.15) is 5.75 Å². The van der Waals surface area contributed by atoms with Gasteiger partial charge in [0, 0.05) is 11.8 Å². The van der Waals surface area contributed by atoms with E-state index in [0.717, 1.165) is 6.07 Å². The first-order chi connectivity index (χ1) is 8.28. The van der Waals surface area contributed by atoms with Crippen LogP contribution in [0.15, 0.2) is 17.1 Å².